The van der Waals surface area contributed by atoms with Gasteiger partial charge in [-0.25, -0.2) is 5.43 Å². The van der Waals surface area contributed by atoms with Gasteiger partial charge in [-0.15, -0.1) is 0 Å². The summed E-state index contributed by atoms with van der Waals surface area (Å²) in [6.07, 6.45) is 3.67. The van der Waals surface area contributed by atoms with Crippen molar-refractivity contribution in [1.29, 1.82) is 0 Å². The maximum atomic E-state index is 12.0. The molecule has 0 aliphatic carbocycles. The van der Waals surface area contributed by atoms with Gasteiger partial charge in [0.1, 0.15) is 0 Å². The molecule has 0 aliphatic rings. The number of hydrogen-bond acceptors (Lipinski definition) is 2. The highest BCUT2D eigenvalue weighted by Gasteiger charge is 2.05. The minimum Gasteiger partial charge on any atom is -0.350 e. The van der Waals surface area contributed by atoms with Gasteiger partial charge in [0.05, 0.1) is 6.21 Å². The van der Waals surface area contributed by atoms with Crippen molar-refractivity contribution in [3.05, 3.63) is 71.4 Å². The number of hydrazone groups is 1. The van der Waals surface area contributed by atoms with Gasteiger partial charge in [0.15, 0.2) is 0 Å². The zero-order valence-corrected chi connectivity index (χ0v) is 12.6. The molecule has 1 N–H and O–H groups in total. The van der Waals surface area contributed by atoms with E-state index >= 15 is 0 Å². The molecule has 2 aromatic carbocycles. The van der Waals surface area contributed by atoms with Gasteiger partial charge in [-0.1, -0.05) is 35.9 Å². The fourth-order valence-corrected chi connectivity index (χ4v) is 2.41. The summed E-state index contributed by atoms with van der Waals surface area (Å²) in [6, 6.07) is 15.5. The fraction of sp³-hybridized carbons (Fsp3) is 0.111. The number of aryl methyl sites for hydroxylation is 2. The smallest absolute Gasteiger partial charge is 0.271 e. The van der Waals surface area contributed by atoms with Crippen LogP contribution in [0.2, 0.25) is 0 Å². The number of rotatable bonds is 3. The van der Waals surface area contributed by atoms with Crippen molar-refractivity contribution in [3.8, 4) is 0 Å². The van der Waals surface area contributed by atoms with E-state index in [1.165, 1.54) is 0 Å². The molecule has 0 unspecified atom stereocenters. The van der Waals surface area contributed by atoms with Crippen LogP contribution in [0.15, 0.2) is 59.8 Å². The first-order valence-corrected chi connectivity index (χ1v) is 7.09. The first-order chi connectivity index (χ1) is 10.6. The Morgan fingerprint density at radius 3 is 2.64 bits per heavy atom. The summed E-state index contributed by atoms with van der Waals surface area (Å²) in [6.45, 7) is 1.99. The molecule has 3 aromatic rings. The topological polar surface area (TPSA) is 46.4 Å². The molecule has 0 radical (unpaired) electrons. The number of benzene rings is 2. The maximum Gasteiger partial charge on any atom is 0.271 e. The van der Waals surface area contributed by atoms with Crippen LogP contribution in [0, 0.1) is 6.92 Å². The quantitative estimate of drug-likeness (QED) is 0.584. The lowest BCUT2D eigenvalue weighted by Gasteiger charge is -1.99. The molecule has 0 saturated carbocycles. The average molecular weight is 291 g/mol. The van der Waals surface area contributed by atoms with Gasteiger partial charge in [0.2, 0.25) is 0 Å². The van der Waals surface area contributed by atoms with Crippen molar-refractivity contribution in [2.75, 3.05) is 0 Å². The summed E-state index contributed by atoms with van der Waals surface area (Å²) in [4.78, 5) is 12.0. The molecule has 1 heterocycles. The molecule has 0 aliphatic heterocycles. The Kier molecular flexibility index (Phi) is 3.74. The molecule has 0 atom stereocenters. The summed E-state index contributed by atoms with van der Waals surface area (Å²) in [5, 5.41) is 5.18. The van der Waals surface area contributed by atoms with E-state index in [4.69, 9.17) is 0 Å². The first-order valence-electron chi connectivity index (χ1n) is 7.09. The second-order valence-corrected chi connectivity index (χ2v) is 5.28. The molecule has 1 amide bonds. The Bertz CT molecular complexity index is 844. The van der Waals surface area contributed by atoms with E-state index in [1.54, 1.807) is 18.3 Å². The molecule has 0 spiro atoms. The van der Waals surface area contributed by atoms with E-state index in [0.717, 1.165) is 22.0 Å². The molecule has 0 bridgehead atoms. The molecule has 1 aromatic heterocycles. The van der Waals surface area contributed by atoms with Crippen LogP contribution in [-0.4, -0.2) is 16.7 Å². The van der Waals surface area contributed by atoms with Crippen molar-refractivity contribution in [3.63, 3.8) is 0 Å². The second kappa shape index (κ2) is 5.85. The molecule has 110 valence electrons. The monoisotopic (exact) mass is 291 g/mol. The number of amides is 1. The number of carbonyl (C=O) groups is 1. The van der Waals surface area contributed by atoms with E-state index in [-0.39, 0.29) is 5.91 Å². The molecule has 0 saturated heterocycles. The summed E-state index contributed by atoms with van der Waals surface area (Å²) in [7, 11) is 1.99. The van der Waals surface area contributed by atoms with Crippen molar-refractivity contribution in [2.45, 2.75) is 6.92 Å². The van der Waals surface area contributed by atoms with Crippen LogP contribution in [0.5, 0.6) is 0 Å². The van der Waals surface area contributed by atoms with Gasteiger partial charge in [-0.05, 0) is 25.1 Å². The van der Waals surface area contributed by atoms with Gasteiger partial charge in [-0.2, -0.15) is 5.10 Å². The minimum atomic E-state index is -0.212. The molecule has 3 rings (SSSR count). The van der Waals surface area contributed by atoms with Gasteiger partial charge < -0.3 is 4.57 Å². The van der Waals surface area contributed by atoms with E-state index in [1.807, 2.05) is 55.1 Å². The zero-order valence-electron chi connectivity index (χ0n) is 12.6. The Hall–Kier alpha value is -2.88. The SMILES string of the molecule is Cc1ccc(C(=O)N/N=C/c2cn(C)c3ccccc23)cc1. The Morgan fingerprint density at radius 2 is 1.86 bits per heavy atom. The minimum absolute atomic E-state index is 0.212. The normalized spacial score (nSPS) is 11.2. The number of aromatic nitrogens is 1. The number of hydrogen-bond donors (Lipinski definition) is 1. The van der Waals surface area contributed by atoms with Gasteiger partial charge in [-0.3, -0.25) is 4.79 Å². The Morgan fingerprint density at radius 1 is 1.14 bits per heavy atom. The Labute approximate surface area is 129 Å². The summed E-state index contributed by atoms with van der Waals surface area (Å²) in [5.74, 6) is -0.212. The van der Waals surface area contributed by atoms with Crippen molar-refractivity contribution in [1.82, 2.24) is 9.99 Å². The van der Waals surface area contributed by atoms with Crippen molar-refractivity contribution in [2.24, 2.45) is 12.1 Å². The zero-order chi connectivity index (χ0) is 15.5. The molecule has 0 fully saturated rings. The maximum absolute atomic E-state index is 12.0. The predicted molar refractivity (Wildman–Crippen MR) is 89.2 cm³/mol. The summed E-state index contributed by atoms with van der Waals surface area (Å²) >= 11 is 0. The van der Waals surface area contributed by atoms with Crippen molar-refractivity contribution >= 4 is 23.0 Å². The third kappa shape index (κ3) is 2.76. The largest absolute Gasteiger partial charge is 0.350 e. The number of para-hydroxylation sites is 1. The number of nitrogens with zero attached hydrogens (tertiary/aromatic N) is 2. The van der Waals surface area contributed by atoms with Crippen LogP contribution in [0.25, 0.3) is 10.9 Å². The van der Waals surface area contributed by atoms with Crippen LogP contribution in [-0.2, 0) is 7.05 Å². The number of carbonyl (C=O) groups excluding carboxylic acids is 1. The van der Waals surface area contributed by atoms with Crippen molar-refractivity contribution < 1.29 is 4.79 Å². The summed E-state index contributed by atoms with van der Waals surface area (Å²) < 4.78 is 2.04. The van der Waals surface area contributed by atoms with E-state index < -0.39 is 0 Å². The van der Waals surface area contributed by atoms with E-state index in [0.29, 0.717) is 5.56 Å². The first kappa shape index (κ1) is 14.1. The van der Waals surface area contributed by atoms with Gasteiger partial charge in [0.25, 0.3) is 5.91 Å². The number of nitrogens with one attached hydrogen (secondary N) is 1. The molecular formula is C18H17N3O. The highest BCUT2D eigenvalue weighted by molar-refractivity contribution is 6.00. The van der Waals surface area contributed by atoms with E-state index in [2.05, 4.69) is 16.6 Å². The fourth-order valence-electron chi connectivity index (χ4n) is 2.41. The highest BCUT2D eigenvalue weighted by Crippen LogP contribution is 2.18. The average Bonchev–Trinajstić information content (AvgIpc) is 2.85. The molecule has 22 heavy (non-hydrogen) atoms. The molecule has 4 heteroatoms. The van der Waals surface area contributed by atoms with Crippen LogP contribution >= 0.6 is 0 Å². The molecule has 4 nitrogen and oxygen atoms in total. The van der Waals surface area contributed by atoms with Gasteiger partial charge >= 0.3 is 0 Å². The van der Waals surface area contributed by atoms with Crippen LogP contribution < -0.4 is 5.43 Å². The van der Waals surface area contributed by atoms with Crippen LogP contribution in [0.3, 0.4) is 0 Å². The second-order valence-electron chi connectivity index (χ2n) is 5.28. The highest BCUT2D eigenvalue weighted by atomic mass is 16.2. The third-order valence-electron chi connectivity index (χ3n) is 3.61. The number of fused-ring (bicyclic) bond motifs is 1. The third-order valence-corrected chi connectivity index (χ3v) is 3.61. The summed E-state index contributed by atoms with van der Waals surface area (Å²) in [5.41, 5.74) is 6.39. The lowest BCUT2D eigenvalue weighted by Crippen LogP contribution is -2.17. The predicted octanol–water partition coefficient (Wildman–Crippen LogP) is 3.25. The lowest BCUT2D eigenvalue weighted by atomic mass is 10.1. The van der Waals surface area contributed by atoms with Crippen LogP contribution in [0.4, 0.5) is 0 Å². The Balaban J connectivity index is 1.76. The van der Waals surface area contributed by atoms with Gasteiger partial charge in [0, 0.05) is 35.3 Å². The lowest BCUT2D eigenvalue weighted by molar-refractivity contribution is 0.0955. The standard InChI is InChI=1S/C18H17N3O/c1-13-7-9-14(10-8-13)18(22)20-19-11-15-12-21(2)17-6-4-3-5-16(15)17/h3-12H,1-2H3,(H,20,22)/b19-11+. The van der Waals surface area contributed by atoms with E-state index in [9.17, 15) is 4.79 Å². The van der Waals surface area contributed by atoms with Crippen LogP contribution in [0.1, 0.15) is 21.5 Å². The molecular weight excluding hydrogens is 274 g/mol.